The second kappa shape index (κ2) is 6.17. The van der Waals surface area contributed by atoms with Crippen LogP contribution in [0.4, 0.5) is 0 Å². The van der Waals surface area contributed by atoms with Gasteiger partial charge in [-0.25, -0.2) is 8.42 Å². The van der Waals surface area contributed by atoms with Crippen LogP contribution in [0.3, 0.4) is 0 Å². The van der Waals surface area contributed by atoms with Crippen molar-refractivity contribution in [3.8, 4) is 0 Å². The van der Waals surface area contributed by atoms with E-state index in [1.165, 1.54) is 31.4 Å². The predicted molar refractivity (Wildman–Crippen MR) is 68.3 cm³/mol. The molecule has 0 fully saturated rings. The number of carbonyl (C=O) groups excluding carboxylic acids is 1. The molecule has 0 aliphatic rings. The number of hydrogen-bond acceptors (Lipinski definition) is 4. The summed E-state index contributed by atoms with van der Waals surface area (Å²) in [5.74, 6) is -0.373. The van der Waals surface area contributed by atoms with Crippen LogP contribution in [0.5, 0.6) is 0 Å². The molecule has 1 aromatic rings. The summed E-state index contributed by atoms with van der Waals surface area (Å²) in [7, 11) is 2.91. The van der Waals surface area contributed by atoms with Gasteiger partial charge in [0.2, 0.25) is 0 Å². The molecule has 0 saturated heterocycles. The normalized spacial score (nSPS) is 13.1. The van der Waals surface area contributed by atoms with E-state index in [9.17, 15) is 13.2 Å². The summed E-state index contributed by atoms with van der Waals surface area (Å²) >= 11 is 0. The van der Waals surface area contributed by atoms with Crippen LogP contribution < -0.4 is 5.32 Å². The van der Waals surface area contributed by atoms with Gasteiger partial charge in [-0.2, -0.15) is 0 Å². The van der Waals surface area contributed by atoms with E-state index in [0.717, 1.165) is 0 Å². The predicted octanol–water partition coefficient (Wildman–Crippen LogP) is 1.38. The van der Waals surface area contributed by atoms with Crippen LogP contribution in [0.25, 0.3) is 0 Å². The number of carbonyl (C=O) groups is 1. The quantitative estimate of drug-likeness (QED) is 0.832. The molecule has 0 spiro atoms. The highest BCUT2D eigenvalue weighted by Gasteiger charge is 2.14. The number of ether oxygens (including phenoxy) is 1. The lowest BCUT2D eigenvalue weighted by Crippen LogP contribution is -2.35. The largest absolute Gasteiger partial charge is 0.383 e. The molecule has 1 rings (SSSR count). The number of methoxy groups -OCH3 is 1. The molecule has 100 valence electrons. The first-order valence-corrected chi connectivity index (χ1v) is 7.50. The summed E-state index contributed by atoms with van der Waals surface area (Å²) in [6.45, 7) is 2.16. The minimum Gasteiger partial charge on any atom is -0.383 e. The molecular weight excluding hydrogens is 278 g/mol. The van der Waals surface area contributed by atoms with E-state index in [0.29, 0.717) is 6.61 Å². The van der Waals surface area contributed by atoms with Crippen molar-refractivity contribution in [3.63, 3.8) is 0 Å². The Labute approximate surface area is 111 Å². The van der Waals surface area contributed by atoms with E-state index in [4.69, 9.17) is 15.4 Å². The summed E-state index contributed by atoms with van der Waals surface area (Å²) in [5.41, 5.74) is 0.236. The lowest BCUT2D eigenvalue weighted by molar-refractivity contribution is 0.0905. The Balaban J connectivity index is 2.87. The van der Waals surface area contributed by atoms with E-state index in [-0.39, 0.29) is 22.4 Å². The van der Waals surface area contributed by atoms with Crippen LogP contribution in [0.2, 0.25) is 0 Å². The minimum absolute atomic E-state index is 0.101. The standard InChI is InChI=1S/C11H14ClNO4S/c1-8(7-17-2)13-11(14)9-4-3-5-10(6-9)18(12,15)16/h3-6,8H,7H2,1-2H3,(H,13,14). The highest BCUT2D eigenvalue weighted by molar-refractivity contribution is 8.13. The number of benzene rings is 1. The Kier molecular flexibility index (Phi) is 5.13. The third-order valence-corrected chi connectivity index (χ3v) is 3.52. The Morgan fingerprint density at radius 2 is 2.17 bits per heavy atom. The zero-order valence-electron chi connectivity index (χ0n) is 10.0. The Morgan fingerprint density at radius 3 is 2.72 bits per heavy atom. The van der Waals surface area contributed by atoms with Crippen LogP contribution in [0.15, 0.2) is 29.2 Å². The summed E-state index contributed by atoms with van der Waals surface area (Å²) in [5, 5.41) is 2.67. The van der Waals surface area contributed by atoms with Gasteiger partial charge < -0.3 is 10.1 Å². The first-order valence-electron chi connectivity index (χ1n) is 5.19. The van der Waals surface area contributed by atoms with Crippen molar-refractivity contribution < 1.29 is 17.9 Å². The molecule has 1 aromatic carbocycles. The molecule has 0 aliphatic carbocycles. The molecular formula is C11H14ClNO4S. The lowest BCUT2D eigenvalue weighted by Gasteiger charge is -2.12. The molecule has 1 unspecified atom stereocenters. The second-order valence-corrected chi connectivity index (χ2v) is 6.36. The lowest BCUT2D eigenvalue weighted by atomic mass is 10.2. The van der Waals surface area contributed by atoms with Crippen molar-refractivity contribution in [2.24, 2.45) is 0 Å². The molecule has 0 aromatic heterocycles. The van der Waals surface area contributed by atoms with Crippen molar-refractivity contribution in [1.82, 2.24) is 5.32 Å². The fraction of sp³-hybridized carbons (Fsp3) is 0.364. The van der Waals surface area contributed by atoms with E-state index in [1.807, 2.05) is 0 Å². The monoisotopic (exact) mass is 291 g/mol. The molecule has 1 N–H and O–H groups in total. The third-order valence-electron chi connectivity index (χ3n) is 2.17. The summed E-state index contributed by atoms with van der Waals surface area (Å²) < 4.78 is 27.2. The van der Waals surface area contributed by atoms with Crippen molar-refractivity contribution in [1.29, 1.82) is 0 Å². The molecule has 0 radical (unpaired) electrons. The van der Waals surface area contributed by atoms with E-state index < -0.39 is 9.05 Å². The van der Waals surface area contributed by atoms with Crippen LogP contribution in [0, 0.1) is 0 Å². The van der Waals surface area contributed by atoms with Crippen LogP contribution in [-0.2, 0) is 13.8 Å². The van der Waals surface area contributed by atoms with Crippen molar-refractivity contribution >= 4 is 25.6 Å². The molecule has 5 nitrogen and oxygen atoms in total. The van der Waals surface area contributed by atoms with Gasteiger partial charge in [-0.1, -0.05) is 6.07 Å². The van der Waals surface area contributed by atoms with Gasteiger partial charge in [-0.15, -0.1) is 0 Å². The SMILES string of the molecule is COCC(C)NC(=O)c1cccc(S(=O)(=O)Cl)c1. The molecule has 7 heteroatoms. The molecule has 0 bridgehead atoms. The maximum Gasteiger partial charge on any atom is 0.261 e. The highest BCUT2D eigenvalue weighted by Crippen LogP contribution is 2.16. The first-order chi connectivity index (χ1) is 8.34. The van der Waals surface area contributed by atoms with Crippen molar-refractivity contribution in [2.45, 2.75) is 17.9 Å². The van der Waals surface area contributed by atoms with Crippen molar-refractivity contribution in [2.75, 3.05) is 13.7 Å². The maximum atomic E-state index is 11.8. The van der Waals surface area contributed by atoms with Gasteiger partial charge in [-0.05, 0) is 25.1 Å². The molecule has 1 amide bonds. The number of halogens is 1. The topological polar surface area (TPSA) is 72.5 Å². The van der Waals surface area contributed by atoms with Gasteiger partial charge in [0.25, 0.3) is 15.0 Å². The summed E-state index contributed by atoms with van der Waals surface area (Å²) in [4.78, 5) is 11.7. The fourth-order valence-electron chi connectivity index (χ4n) is 1.39. The smallest absolute Gasteiger partial charge is 0.261 e. The van der Waals surface area contributed by atoms with Crippen LogP contribution in [-0.4, -0.2) is 34.1 Å². The average molecular weight is 292 g/mol. The molecule has 1 atom stereocenters. The van der Waals surface area contributed by atoms with E-state index in [2.05, 4.69) is 5.32 Å². The van der Waals surface area contributed by atoms with Crippen LogP contribution in [0.1, 0.15) is 17.3 Å². The second-order valence-electron chi connectivity index (χ2n) is 3.80. The number of rotatable bonds is 5. The first kappa shape index (κ1) is 14.9. The molecule has 0 heterocycles. The minimum atomic E-state index is -3.83. The Morgan fingerprint density at radius 1 is 1.50 bits per heavy atom. The molecule has 0 aliphatic heterocycles. The third kappa shape index (κ3) is 4.29. The van der Waals surface area contributed by atoms with Gasteiger partial charge in [0.05, 0.1) is 11.5 Å². The van der Waals surface area contributed by atoms with Gasteiger partial charge >= 0.3 is 0 Å². The number of amides is 1. The Hall–Kier alpha value is -1.11. The van der Waals surface area contributed by atoms with Crippen LogP contribution >= 0.6 is 10.7 Å². The fourth-order valence-corrected chi connectivity index (χ4v) is 2.18. The highest BCUT2D eigenvalue weighted by atomic mass is 35.7. The summed E-state index contributed by atoms with van der Waals surface area (Å²) in [6.07, 6.45) is 0. The van der Waals surface area contributed by atoms with Crippen molar-refractivity contribution in [3.05, 3.63) is 29.8 Å². The maximum absolute atomic E-state index is 11.8. The zero-order valence-corrected chi connectivity index (χ0v) is 11.6. The Bertz CT molecular complexity index is 530. The molecule has 0 saturated carbocycles. The number of nitrogens with one attached hydrogen (secondary N) is 1. The molecule has 18 heavy (non-hydrogen) atoms. The number of hydrogen-bond donors (Lipinski definition) is 1. The van der Waals surface area contributed by atoms with Gasteiger partial charge in [0.1, 0.15) is 0 Å². The van der Waals surface area contributed by atoms with Gasteiger partial charge in [0.15, 0.2) is 0 Å². The summed E-state index contributed by atoms with van der Waals surface area (Å²) in [6, 6.07) is 5.37. The van der Waals surface area contributed by atoms with Gasteiger partial charge in [0, 0.05) is 29.4 Å². The zero-order chi connectivity index (χ0) is 13.8. The van der Waals surface area contributed by atoms with E-state index in [1.54, 1.807) is 6.92 Å². The van der Waals surface area contributed by atoms with E-state index >= 15 is 0 Å². The average Bonchev–Trinajstić information content (AvgIpc) is 2.28. The van der Waals surface area contributed by atoms with Gasteiger partial charge in [-0.3, -0.25) is 4.79 Å².